The SMILES string of the molecule is C=C(C)C(=O)OCCOC(C)[PH](=O)OCC[N+](C)(C)C. The molecule has 0 aliphatic carbocycles. The van der Waals surface area contributed by atoms with Gasteiger partial charge in [0.15, 0.2) is 0 Å². The van der Waals surface area contributed by atoms with Crippen LogP contribution in [0.25, 0.3) is 0 Å². The smallest absolute Gasteiger partial charge is 0.333 e. The van der Waals surface area contributed by atoms with Gasteiger partial charge in [0.1, 0.15) is 25.6 Å². The third-order valence-corrected chi connectivity index (χ3v) is 3.69. The highest BCUT2D eigenvalue weighted by Crippen LogP contribution is 2.29. The van der Waals surface area contributed by atoms with Gasteiger partial charge in [0.05, 0.1) is 27.7 Å². The van der Waals surface area contributed by atoms with Crippen LogP contribution in [0.15, 0.2) is 12.2 Å². The van der Waals surface area contributed by atoms with E-state index in [4.69, 9.17) is 14.0 Å². The van der Waals surface area contributed by atoms with E-state index in [1.165, 1.54) is 0 Å². The van der Waals surface area contributed by atoms with Crippen LogP contribution in [0.2, 0.25) is 0 Å². The molecule has 118 valence electrons. The topological polar surface area (TPSA) is 61.8 Å². The minimum absolute atomic E-state index is 0.115. The Morgan fingerprint density at radius 3 is 2.35 bits per heavy atom. The van der Waals surface area contributed by atoms with Crippen molar-refractivity contribution >= 4 is 14.0 Å². The molecule has 0 bridgehead atoms. The normalized spacial score (nSPS) is 14.7. The van der Waals surface area contributed by atoms with Gasteiger partial charge < -0.3 is 18.5 Å². The lowest BCUT2D eigenvalue weighted by molar-refractivity contribution is -0.870. The molecule has 0 aromatic rings. The predicted octanol–water partition coefficient (Wildman–Crippen LogP) is 1.67. The van der Waals surface area contributed by atoms with Crippen molar-refractivity contribution in [2.75, 3.05) is 47.5 Å². The van der Waals surface area contributed by atoms with E-state index >= 15 is 0 Å². The van der Waals surface area contributed by atoms with Crippen molar-refractivity contribution in [2.45, 2.75) is 19.7 Å². The van der Waals surface area contributed by atoms with Gasteiger partial charge in [0.2, 0.25) is 8.03 Å². The average molecular weight is 308 g/mol. The van der Waals surface area contributed by atoms with Crippen LogP contribution in [0.4, 0.5) is 0 Å². The van der Waals surface area contributed by atoms with Crippen molar-refractivity contribution in [1.29, 1.82) is 0 Å². The van der Waals surface area contributed by atoms with Crippen molar-refractivity contribution in [2.24, 2.45) is 0 Å². The molecule has 0 aromatic carbocycles. The molecule has 0 spiro atoms. The first kappa shape index (κ1) is 19.3. The zero-order valence-electron chi connectivity index (χ0n) is 13.1. The molecule has 2 atom stereocenters. The number of carbonyl (C=O) groups is 1. The van der Waals surface area contributed by atoms with Crippen molar-refractivity contribution < 1.29 is 27.8 Å². The predicted molar refractivity (Wildman–Crippen MR) is 79.0 cm³/mol. The number of hydrogen-bond acceptors (Lipinski definition) is 5. The number of rotatable bonds is 10. The number of likely N-dealkylation sites (N-methyl/N-ethyl adjacent to an activating group) is 1. The lowest BCUT2D eigenvalue weighted by Gasteiger charge is -2.23. The van der Waals surface area contributed by atoms with Crippen LogP contribution in [0, 0.1) is 0 Å². The maximum absolute atomic E-state index is 11.8. The van der Waals surface area contributed by atoms with Crippen LogP contribution in [-0.4, -0.2) is 63.8 Å². The van der Waals surface area contributed by atoms with Crippen LogP contribution in [0.5, 0.6) is 0 Å². The summed E-state index contributed by atoms with van der Waals surface area (Å²) in [4.78, 5) is 11.1. The second-order valence-corrected chi connectivity index (χ2v) is 7.35. The summed E-state index contributed by atoms with van der Waals surface area (Å²) in [6.07, 6.45) is 0. The highest BCUT2D eigenvalue weighted by atomic mass is 31.1. The molecule has 0 amide bonds. The molecule has 0 aliphatic rings. The largest absolute Gasteiger partial charge is 0.460 e. The summed E-state index contributed by atoms with van der Waals surface area (Å²) in [7, 11) is 3.87. The molecule has 0 saturated carbocycles. The zero-order chi connectivity index (χ0) is 15.8. The summed E-state index contributed by atoms with van der Waals surface area (Å²) in [5.74, 6) is -0.941. The molecule has 0 heterocycles. The van der Waals surface area contributed by atoms with Crippen molar-refractivity contribution in [3.05, 3.63) is 12.2 Å². The third-order valence-electron chi connectivity index (χ3n) is 2.37. The highest BCUT2D eigenvalue weighted by Gasteiger charge is 2.14. The van der Waals surface area contributed by atoms with Gasteiger partial charge in [-0.25, -0.2) is 4.79 Å². The van der Waals surface area contributed by atoms with E-state index in [0.29, 0.717) is 12.2 Å². The Hall–Kier alpha value is -0.680. The Balaban J connectivity index is 3.75. The van der Waals surface area contributed by atoms with Crippen molar-refractivity contribution in [3.8, 4) is 0 Å². The number of ether oxygens (including phenoxy) is 2. The Morgan fingerprint density at radius 2 is 1.85 bits per heavy atom. The van der Waals surface area contributed by atoms with Crippen LogP contribution in [0.1, 0.15) is 13.8 Å². The van der Waals surface area contributed by atoms with Gasteiger partial charge in [-0.3, -0.25) is 4.57 Å². The lowest BCUT2D eigenvalue weighted by Crippen LogP contribution is -2.37. The van der Waals surface area contributed by atoms with E-state index in [2.05, 4.69) is 6.58 Å². The van der Waals surface area contributed by atoms with E-state index in [1.54, 1.807) is 13.8 Å². The summed E-state index contributed by atoms with van der Waals surface area (Å²) >= 11 is 0. The minimum atomic E-state index is -2.25. The fourth-order valence-corrected chi connectivity index (χ4v) is 1.87. The van der Waals surface area contributed by atoms with Gasteiger partial charge in [-0.05, 0) is 13.8 Å². The molecule has 0 aliphatic heterocycles. The van der Waals surface area contributed by atoms with Gasteiger partial charge in [0.25, 0.3) is 0 Å². The Morgan fingerprint density at radius 1 is 1.25 bits per heavy atom. The minimum Gasteiger partial charge on any atom is -0.460 e. The number of hydrogen-bond donors (Lipinski definition) is 0. The number of esters is 1. The number of carbonyl (C=O) groups excluding carboxylic acids is 1. The monoisotopic (exact) mass is 308 g/mol. The Kier molecular flexibility index (Phi) is 8.98. The quantitative estimate of drug-likeness (QED) is 0.202. The summed E-state index contributed by atoms with van der Waals surface area (Å²) in [5.41, 5.74) is 0.343. The first-order valence-electron chi connectivity index (χ1n) is 6.55. The van der Waals surface area contributed by atoms with E-state index in [9.17, 15) is 9.36 Å². The van der Waals surface area contributed by atoms with E-state index in [1.807, 2.05) is 21.1 Å². The van der Waals surface area contributed by atoms with Gasteiger partial charge in [-0.1, -0.05) is 6.58 Å². The molecule has 0 fully saturated rings. The van der Waals surface area contributed by atoms with E-state index in [-0.39, 0.29) is 13.2 Å². The maximum atomic E-state index is 11.8. The molecule has 0 rings (SSSR count). The number of quaternary nitrogens is 1. The van der Waals surface area contributed by atoms with Gasteiger partial charge in [-0.15, -0.1) is 0 Å². The molecule has 6 nitrogen and oxygen atoms in total. The van der Waals surface area contributed by atoms with Crippen LogP contribution in [0.3, 0.4) is 0 Å². The first-order valence-corrected chi connectivity index (χ1v) is 7.94. The lowest BCUT2D eigenvalue weighted by atomic mass is 10.4. The third kappa shape index (κ3) is 10.1. The molecule has 0 N–H and O–H groups in total. The summed E-state index contributed by atoms with van der Waals surface area (Å²) in [5, 5.41) is 0. The molecule has 7 heteroatoms. The molecule has 20 heavy (non-hydrogen) atoms. The molecule has 0 aromatic heterocycles. The van der Waals surface area contributed by atoms with Gasteiger partial charge >= 0.3 is 5.97 Å². The first-order chi connectivity index (χ1) is 9.13. The number of nitrogens with zero attached hydrogens (tertiary/aromatic N) is 1. The molecule has 0 saturated heterocycles. The molecular formula is C13H27NO5P+. The second kappa shape index (κ2) is 9.29. The average Bonchev–Trinajstić information content (AvgIpc) is 2.31. The molecule has 0 radical (unpaired) electrons. The zero-order valence-corrected chi connectivity index (χ0v) is 14.1. The van der Waals surface area contributed by atoms with Crippen molar-refractivity contribution in [3.63, 3.8) is 0 Å². The fourth-order valence-electron chi connectivity index (χ4n) is 1.09. The summed E-state index contributed by atoms with van der Waals surface area (Å²) in [6.45, 7) is 8.24. The molecular weight excluding hydrogens is 281 g/mol. The second-order valence-electron chi connectivity index (χ2n) is 5.61. The van der Waals surface area contributed by atoms with E-state index < -0.39 is 19.8 Å². The standard InChI is InChI=1S/C13H27NO5P/c1-11(2)13(15)18-10-9-17-12(3)20(16)19-8-7-14(4,5)6/h12,20H,1,7-10H2,2-6H3/q+1. The van der Waals surface area contributed by atoms with Crippen LogP contribution in [-0.2, 0) is 23.4 Å². The summed E-state index contributed by atoms with van der Waals surface area (Å²) in [6, 6.07) is 0. The molecule has 2 unspecified atom stereocenters. The van der Waals surface area contributed by atoms with Gasteiger partial charge in [0, 0.05) is 5.57 Å². The highest BCUT2D eigenvalue weighted by molar-refractivity contribution is 7.39. The van der Waals surface area contributed by atoms with Crippen LogP contribution < -0.4 is 0 Å². The summed E-state index contributed by atoms with van der Waals surface area (Å²) < 4.78 is 28.0. The van der Waals surface area contributed by atoms with Crippen molar-refractivity contribution in [1.82, 2.24) is 0 Å². The maximum Gasteiger partial charge on any atom is 0.333 e. The van der Waals surface area contributed by atoms with Crippen LogP contribution >= 0.6 is 8.03 Å². The fraction of sp³-hybridized carbons (Fsp3) is 0.769. The Bertz CT molecular complexity index is 351. The van der Waals surface area contributed by atoms with Gasteiger partial charge in [-0.2, -0.15) is 0 Å². The van der Waals surface area contributed by atoms with E-state index in [0.717, 1.165) is 11.0 Å². The Labute approximate surface area is 122 Å².